The summed E-state index contributed by atoms with van der Waals surface area (Å²) in [6, 6.07) is 1.91. The molecule has 1 heterocycles. The van der Waals surface area contributed by atoms with E-state index in [0.717, 1.165) is 36.2 Å². The van der Waals surface area contributed by atoms with Gasteiger partial charge in [-0.3, -0.25) is 14.6 Å². The normalized spacial score (nSPS) is 15.4. The quantitative estimate of drug-likeness (QED) is 0.366. The summed E-state index contributed by atoms with van der Waals surface area (Å²) in [4.78, 5) is 26.9. The molecule has 0 radical (unpaired) electrons. The largest absolute Gasteiger partial charge is 0.492 e. The summed E-state index contributed by atoms with van der Waals surface area (Å²) in [5.74, 6) is -0.388. The summed E-state index contributed by atoms with van der Waals surface area (Å²) in [6.07, 6.45) is 4.96. The summed E-state index contributed by atoms with van der Waals surface area (Å²) in [5, 5.41) is 12.9. The number of amides is 1. The van der Waals surface area contributed by atoms with Crippen LogP contribution in [0.4, 0.5) is 0 Å². The lowest BCUT2D eigenvalue weighted by Gasteiger charge is -2.19. The summed E-state index contributed by atoms with van der Waals surface area (Å²) < 4.78 is 5.18. The van der Waals surface area contributed by atoms with E-state index in [1.54, 1.807) is 6.20 Å². The Morgan fingerprint density at radius 3 is 2.88 bits per heavy atom. The highest BCUT2D eigenvalue weighted by molar-refractivity contribution is 7.81. The smallest absolute Gasteiger partial charge is 0.303 e. The number of ether oxygens (including phenoxy) is 1. The molecule has 0 unspecified atom stereocenters. The number of hydrazone groups is 1. The molecule has 26 heavy (non-hydrogen) atoms. The van der Waals surface area contributed by atoms with Crippen LogP contribution in [0.15, 0.2) is 17.4 Å². The molecule has 1 amide bonds. The maximum absolute atomic E-state index is 11.9. The number of pyridine rings is 1. The van der Waals surface area contributed by atoms with E-state index in [1.807, 2.05) is 19.9 Å². The predicted octanol–water partition coefficient (Wildman–Crippen LogP) is 2.58. The number of thiol groups is 1. The Hall–Kier alpha value is -2.09. The molecule has 2 N–H and O–H groups in total. The number of nitrogens with zero attached hydrogens (tertiary/aromatic N) is 2. The molecule has 1 aromatic rings. The number of nitrogens with one attached hydrogen (secondary N) is 1. The lowest BCUT2D eigenvalue weighted by Crippen LogP contribution is -2.27. The van der Waals surface area contributed by atoms with Crippen molar-refractivity contribution >= 4 is 30.2 Å². The first-order valence-electron chi connectivity index (χ1n) is 8.66. The number of hydrogen-bond donors (Lipinski definition) is 3. The molecular formula is C18H25N3O4S. The van der Waals surface area contributed by atoms with Gasteiger partial charge in [0, 0.05) is 17.6 Å². The Morgan fingerprint density at radius 1 is 1.42 bits per heavy atom. The van der Waals surface area contributed by atoms with E-state index in [9.17, 15) is 9.59 Å². The van der Waals surface area contributed by atoms with E-state index in [1.165, 1.54) is 0 Å². The number of rotatable bonds is 8. The number of carbonyl (C=O) groups is 2. The number of carboxylic acids is 1. The average molecular weight is 379 g/mol. The van der Waals surface area contributed by atoms with Crippen LogP contribution in [-0.2, 0) is 16.0 Å². The van der Waals surface area contributed by atoms with Crippen molar-refractivity contribution in [2.75, 3.05) is 6.61 Å². The fourth-order valence-electron chi connectivity index (χ4n) is 2.67. The fraction of sp³-hybridized carbons (Fsp3) is 0.556. The number of aromatic nitrogens is 1. The zero-order valence-electron chi connectivity index (χ0n) is 15.1. The van der Waals surface area contributed by atoms with Gasteiger partial charge in [0.2, 0.25) is 5.91 Å². The van der Waals surface area contributed by atoms with E-state index < -0.39 is 5.97 Å². The van der Waals surface area contributed by atoms with E-state index in [2.05, 4.69) is 28.1 Å². The van der Waals surface area contributed by atoms with Crippen molar-refractivity contribution in [1.29, 1.82) is 0 Å². The third kappa shape index (κ3) is 6.67. The summed E-state index contributed by atoms with van der Waals surface area (Å²) in [7, 11) is 0. The van der Waals surface area contributed by atoms with Gasteiger partial charge in [-0.1, -0.05) is 13.8 Å². The van der Waals surface area contributed by atoms with Gasteiger partial charge in [-0.05, 0) is 37.3 Å². The Kier molecular flexibility index (Phi) is 7.02. The van der Waals surface area contributed by atoms with Crippen LogP contribution in [0.2, 0.25) is 0 Å². The van der Waals surface area contributed by atoms with Gasteiger partial charge in [0.25, 0.3) is 0 Å². The second-order valence-electron chi connectivity index (χ2n) is 6.96. The first-order valence-corrected chi connectivity index (χ1v) is 9.11. The molecule has 0 aliphatic heterocycles. The van der Waals surface area contributed by atoms with Gasteiger partial charge in [0.15, 0.2) is 0 Å². The second-order valence-corrected chi connectivity index (χ2v) is 8.17. The Bertz CT molecular complexity index is 698. The number of hydrogen-bond acceptors (Lipinski definition) is 6. The van der Waals surface area contributed by atoms with Crippen LogP contribution in [-0.4, -0.2) is 39.0 Å². The molecule has 2 rings (SSSR count). The van der Waals surface area contributed by atoms with E-state index in [4.69, 9.17) is 9.84 Å². The molecule has 1 aliphatic carbocycles. The standard InChI is InChI=1S/C18H25N3O4S/c1-18(2,26)10-15(22)21-20-14-6-3-5-12-9-13(11-19-17(12)14)25-8-4-7-16(23)24/h9,11,26H,3-8,10H2,1-2H3,(H,21,22)(H,23,24)/b20-14-. The minimum Gasteiger partial charge on any atom is -0.492 e. The maximum Gasteiger partial charge on any atom is 0.303 e. The average Bonchev–Trinajstić information content (AvgIpc) is 2.55. The van der Waals surface area contributed by atoms with Gasteiger partial charge in [-0.25, -0.2) is 5.43 Å². The van der Waals surface area contributed by atoms with Crippen molar-refractivity contribution in [1.82, 2.24) is 10.4 Å². The molecule has 142 valence electrons. The Morgan fingerprint density at radius 2 is 2.19 bits per heavy atom. The third-order valence-corrected chi connectivity index (χ3v) is 3.95. The zero-order chi connectivity index (χ0) is 19.2. The molecule has 0 saturated heterocycles. The maximum atomic E-state index is 11.9. The summed E-state index contributed by atoms with van der Waals surface area (Å²) >= 11 is 4.35. The van der Waals surface area contributed by atoms with Crippen LogP contribution in [0, 0.1) is 0 Å². The van der Waals surface area contributed by atoms with Crippen molar-refractivity contribution in [2.45, 2.75) is 57.1 Å². The third-order valence-electron chi connectivity index (χ3n) is 3.79. The van der Waals surface area contributed by atoms with Crippen LogP contribution in [0.1, 0.15) is 57.2 Å². The lowest BCUT2D eigenvalue weighted by atomic mass is 9.94. The molecule has 8 heteroatoms. The number of aliphatic carboxylic acids is 1. The van der Waals surface area contributed by atoms with Crippen LogP contribution in [0.3, 0.4) is 0 Å². The minimum atomic E-state index is -0.832. The van der Waals surface area contributed by atoms with E-state index >= 15 is 0 Å². The van der Waals surface area contributed by atoms with Crippen LogP contribution in [0.25, 0.3) is 0 Å². The van der Waals surface area contributed by atoms with Crippen LogP contribution < -0.4 is 10.2 Å². The predicted molar refractivity (Wildman–Crippen MR) is 102 cm³/mol. The van der Waals surface area contributed by atoms with Crippen LogP contribution >= 0.6 is 12.6 Å². The van der Waals surface area contributed by atoms with Gasteiger partial charge in [-0.15, -0.1) is 0 Å². The highest BCUT2D eigenvalue weighted by Gasteiger charge is 2.20. The van der Waals surface area contributed by atoms with Gasteiger partial charge < -0.3 is 9.84 Å². The molecular weight excluding hydrogens is 354 g/mol. The van der Waals surface area contributed by atoms with E-state index in [0.29, 0.717) is 18.8 Å². The summed E-state index contributed by atoms with van der Waals surface area (Å²) in [5.41, 5.74) is 5.15. The number of fused-ring (bicyclic) bond motifs is 1. The molecule has 1 aromatic heterocycles. The van der Waals surface area contributed by atoms with Crippen LogP contribution in [0.5, 0.6) is 5.75 Å². The minimum absolute atomic E-state index is 0.0813. The molecule has 0 atom stereocenters. The molecule has 1 aliphatic rings. The second kappa shape index (κ2) is 9.02. The van der Waals surface area contributed by atoms with Crippen molar-refractivity contribution in [3.8, 4) is 5.75 Å². The van der Waals surface area contributed by atoms with Gasteiger partial charge >= 0.3 is 5.97 Å². The molecule has 0 spiro atoms. The topological polar surface area (TPSA) is 101 Å². The number of aryl methyl sites for hydroxylation is 1. The fourth-order valence-corrected chi connectivity index (χ4v) is 2.81. The molecule has 0 aromatic carbocycles. The van der Waals surface area contributed by atoms with Gasteiger partial charge in [0.05, 0.1) is 24.2 Å². The summed E-state index contributed by atoms with van der Waals surface area (Å²) in [6.45, 7) is 4.08. The van der Waals surface area contributed by atoms with Crippen molar-refractivity contribution < 1.29 is 19.4 Å². The van der Waals surface area contributed by atoms with Crippen molar-refractivity contribution in [3.05, 3.63) is 23.5 Å². The molecule has 0 saturated carbocycles. The zero-order valence-corrected chi connectivity index (χ0v) is 16.0. The molecule has 0 fully saturated rings. The van der Waals surface area contributed by atoms with Gasteiger partial charge in [-0.2, -0.15) is 17.7 Å². The SMILES string of the molecule is CC(C)(S)CC(=O)N/N=C1/CCCc2cc(OCCCC(=O)O)cnc21. The molecule has 0 bridgehead atoms. The number of carbonyl (C=O) groups excluding carboxylic acids is 1. The number of carboxylic acid groups (broad SMARTS) is 1. The first kappa shape index (κ1) is 20.2. The van der Waals surface area contributed by atoms with Crippen molar-refractivity contribution in [3.63, 3.8) is 0 Å². The highest BCUT2D eigenvalue weighted by Crippen LogP contribution is 2.24. The first-order chi connectivity index (χ1) is 12.2. The highest BCUT2D eigenvalue weighted by atomic mass is 32.1. The Labute approximate surface area is 158 Å². The lowest BCUT2D eigenvalue weighted by molar-refractivity contribution is -0.137. The Balaban J connectivity index is 1.99. The van der Waals surface area contributed by atoms with Crippen molar-refractivity contribution in [2.24, 2.45) is 5.10 Å². The molecule has 7 nitrogen and oxygen atoms in total. The van der Waals surface area contributed by atoms with E-state index in [-0.39, 0.29) is 23.5 Å². The monoisotopic (exact) mass is 379 g/mol. The van der Waals surface area contributed by atoms with Gasteiger partial charge in [0.1, 0.15) is 5.75 Å².